The van der Waals surface area contributed by atoms with Gasteiger partial charge in [0, 0.05) is 31.1 Å². The smallest absolute Gasteiger partial charge is 0.242 e. The fourth-order valence-electron chi connectivity index (χ4n) is 2.09. The van der Waals surface area contributed by atoms with Gasteiger partial charge in [0.2, 0.25) is 11.8 Å². The monoisotopic (exact) mass is 340 g/mol. The van der Waals surface area contributed by atoms with Gasteiger partial charge in [-0.3, -0.25) is 9.59 Å². The first-order valence-corrected chi connectivity index (χ1v) is 8.06. The molecule has 6 heteroatoms. The van der Waals surface area contributed by atoms with Gasteiger partial charge in [-0.2, -0.15) is 0 Å². The van der Waals surface area contributed by atoms with E-state index in [1.54, 1.807) is 31.1 Å². The maximum absolute atomic E-state index is 12.5. The lowest BCUT2D eigenvalue weighted by Gasteiger charge is -2.30. The zero-order chi connectivity index (χ0) is 17.4. The molecule has 1 atom stereocenters. The molecule has 0 radical (unpaired) electrons. The third kappa shape index (κ3) is 6.20. The minimum Gasteiger partial charge on any atom is -0.383 e. The second-order valence-electron chi connectivity index (χ2n) is 5.71. The minimum atomic E-state index is -0.558. The van der Waals surface area contributed by atoms with E-state index in [4.69, 9.17) is 16.3 Å². The third-order valence-corrected chi connectivity index (χ3v) is 3.75. The predicted octanol–water partition coefficient (Wildman–Crippen LogP) is 2.48. The number of nitrogens with zero attached hydrogens (tertiary/aromatic N) is 1. The van der Waals surface area contributed by atoms with E-state index in [2.05, 4.69) is 5.32 Å². The highest BCUT2D eigenvalue weighted by Crippen LogP contribution is 2.15. The first-order valence-electron chi connectivity index (χ1n) is 7.68. The highest BCUT2D eigenvalue weighted by molar-refractivity contribution is 6.30. The van der Waals surface area contributed by atoms with Crippen LogP contribution in [-0.2, 0) is 20.9 Å². The van der Waals surface area contributed by atoms with Crippen molar-refractivity contribution >= 4 is 23.4 Å². The number of hydrogen-bond acceptors (Lipinski definition) is 3. The molecule has 0 aliphatic heterocycles. The number of amides is 2. The fourth-order valence-corrected chi connectivity index (χ4v) is 2.22. The molecule has 0 saturated carbocycles. The topological polar surface area (TPSA) is 58.6 Å². The number of hydrogen-bond donors (Lipinski definition) is 1. The first kappa shape index (κ1) is 19.5. The molecule has 1 rings (SSSR count). The summed E-state index contributed by atoms with van der Waals surface area (Å²) >= 11 is 5.89. The van der Waals surface area contributed by atoms with Crippen LogP contribution in [0, 0.1) is 5.92 Å². The molecule has 23 heavy (non-hydrogen) atoms. The average molecular weight is 341 g/mol. The van der Waals surface area contributed by atoms with Crippen LogP contribution in [0.1, 0.15) is 26.3 Å². The number of methoxy groups -OCH3 is 1. The van der Waals surface area contributed by atoms with E-state index in [1.165, 1.54) is 0 Å². The van der Waals surface area contributed by atoms with E-state index in [0.717, 1.165) is 5.56 Å². The Morgan fingerprint density at radius 3 is 2.35 bits per heavy atom. The summed E-state index contributed by atoms with van der Waals surface area (Å²) in [5.41, 5.74) is 0.931. The van der Waals surface area contributed by atoms with Gasteiger partial charge in [-0.15, -0.1) is 0 Å². The maximum atomic E-state index is 12.5. The maximum Gasteiger partial charge on any atom is 0.242 e. The second kappa shape index (κ2) is 9.53. The van der Waals surface area contributed by atoms with Crippen molar-refractivity contribution in [2.75, 3.05) is 20.3 Å². The summed E-state index contributed by atoms with van der Waals surface area (Å²) in [6.45, 7) is 6.61. The number of carbonyl (C=O) groups is 2. The molecule has 0 spiro atoms. The van der Waals surface area contributed by atoms with Crippen molar-refractivity contribution in [1.29, 1.82) is 0 Å². The van der Waals surface area contributed by atoms with Crippen molar-refractivity contribution in [2.24, 2.45) is 5.92 Å². The standard InChI is InChI=1S/C17H25ClN2O3/c1-12(2)17(22)20(11-14-5-7-15(18)8-6-14)13(3)16(21)19-9-10-23-4/h5-8,12-13H,9-11H2,1-4H3,(H,19,21). The molecule has 1 N–H and O–H groups in total. The number of carbonyl (C=O) groups excluding carboxylic acids is 2. The summed E-state index contributed by atoms with van der Waals surface area (Å²) in [4.78, 5) is 26.3. The van der Waals surface area contributed by atoms with Crippen LogP contribution >= 0.6 is 11.6 Å². The van der Waals surface area contributed by atoms with E-state index in [9.17, 15) is 9.59 Å². The molecule has 5 nitrogen and oxygen atoms in total. The fraction of sp³-hybridized carbons (Fsp3) is 0.529. The summed E-state index contributed by atoms with van der Waals surface area (Å²) < 4.78 is 4.92. The van der Waals surface area contributed by atoms with Crippen LogP contribution in [-0.4, -0.2) is 43.0 Å². The molecule has 0 fully saturated rings. The van der Waals surface area contributed by atoms with E-state index >= 15 is 0 Å². The summed E-state index contributed by atoms with van der Waals surface area (Å²) in [5.74, 6) is -0.434. The van der Waals surface area contributed by atoms with Crippen molar-refractivity contribution in [3.63, 3.8) is 0 Å². The van der Waals surface area contributed by atoms with Gasteiger partial charge >= 0.3 is 0 Å². The molecule has 0 aliphatic carbocycles. The molecular formula is C17H25ClN2O3. The highest BCUT2D eigenvalue weighted by atomic mass is 35.5. The Bertz CT molecular complexity index is 517. The Kier molecular flexibility index (Phi) is 8.06. The molecule has 0 heterocycles. The van der Waals surface area contributed by atoms with Crippen LogP contribution in [0.2, 0.25) is 5.02 Å². The molecule has 2 amide bonds. The Morgan fingerprint density at radius 1 is 1.22 bits per heavy atom. The van der Waals surface area contributed by atoms with Gasteiger partial charge in [0.1, 0.15) is 6.04 Å². The van der Waals surface area contributed by atoms with Gasteiger partial charge in [0.15, 0.2) is 0 Å². The molecule has 1 aromatic rings. The average Bonchev–Trinajstić information content (AvgIpc) is 2.53. The van der Waals surface area contributed by atoms with Gasteiger partial charge in [0.25, 0.3) is 0 Å². The third-order valence-electron chi connectivity index (χ3n) is 3.50. The van der Waals surface area contributed by atoms with Gasteiger partial charge in [-0.05, 0) is 24.6 Å². The van der Waals surface area contributed by atoms with Crippen molar-refractivity contribution in [1.82, 2.24) is 10.2 Å². The lowest BCUT2D eigenvalue weighted by Crippen LogP contribution is -2.49. The quantitative estimate of drug-likeness (QED) is 0.740. The van der Waals surface area contributed by atoms with Crippen LogP contribution in [0.3, 0.4) is 0 Å². The summed E-state index contributed by atoms with van der Waals surface area (Å²) in [6.07, 6.45) is 0. The van der Waals surface area contributed by atoms with Crippen molar-refractivity contribution in [3.8, 4) is 0 Å². The number of halogens is 1. The SMILES string of the molecule is COCCNC(=O)C(C)N(Cc1ccc(Cl)cc1)C(=O)C(C)C. The molecule has 0 saturated heterocycles. The van der Waals surface area contributed by atoms with E-state index in [1.807, 2.05) is 26.0 Å². The van der Waals surface area contributed by atoms with Crippen LogP contribution in [0.25, 0.3) is 0 Å². The zero-order valence-electron chi connectivity index (χ0n) is 14.1. The van der Waals surface area contributed by atoms with Crippen molar-refractivity contribution < 1.29 is 14.3 Å². The number of rotatable bonds is 8. The predicted molar refractivity (Wildman–Crippen MR) is 91.2 cm³/mol. The van der Waals surface area contributed by atoms with Crippen LogP contribution < -0.4 is 5.32 Å². The molecule has 0 bridgehead atoms. The number of nitrogens with one attached hydrogen (secondary N) is 1. The van der Waals surface area contributed by atoms with Crippen LogP contribution in [0.4, 0.5) is 0 Å². The van der Waals surface area contributed by atoms with Crippen LogP contribution in [0.15, 0.2) is 24.3 Å². The Hall–Kier alpha value is -1.59. The number of benzene rings is 1. The molecule has 1 aromatic carbocycles. The lowest BCUT2D eigenvalue weighted by molar-refractivity contribution is -0.143. The van der Waals surface area contributed by atoms with Gasteiger partial charge < -0.3 is 15.0 Å². The molecule has 1 unspecified atom stereocenters. The van der Waals surface area contributed by atoms with Gasteiger partial charge in [-0.25, -0.2) is 0 Å². The Balaban J connectivity index is 2.84. The molecule has 0 aliphatic rings. The summed E-state index contributed by atoms with van der Waals surface area (Å²) in [6, 6.07) is 6.71. The largest absolute Gasteiger partial charge is 0.383 e. The summed E-state index contributed by atoms with van der Waals surface area (Å²) in [7, 11) is 1.57. The van der Waals surface area contributed by atoms with Crippen LogP contribution in [0.5, 0.6) is 0 Å². The molecule has 128 valence electrons. The van der Waals surface area contributed by atoms with Gasteiger partial charge in [0.05, 0.1) is 6.61 Å². The number of ether oxygens (including phenoxy) is 1. The van der Waals surface area contributed by atoms with Crippen molar-refractivity contribution in [3.05, 3.63) is 34.9 Å². The van der Waals surface area contributed by atoms with Crippen molar-refractivity contribution in [2.45, 2.75) is 33.4 Å². The molecular weight excluding hydrogens is 316 g/mol. The van der Waals surface area contributed by atoms with E-state index in [-0.39, 0.29) is 17.7 Å². The lowest BCUT2D eigenvalue weighted by atomic mass is 10.1. The zero-order valence-corrected chi connectivity index (χ0v) is 14.9. The second-order valence-corrected chi connectivity index (χ2v) is 6.14. The van der Waals surface area contributed by atoms with E-state index < -0.39 is 6.04 Å². The Morgan fingerprint density at radius 2 is 1.83 bits per heavy atom. The van der Waals surface area contributed by atoms with Gasteiger partial charge in [-0.1, -0.05) is 37.6 Å². The highest BCUT2D eigenvalue weighted by Gasteiger charge is 2.27. The Labute approximate surface area is 142 Å². The van der Waals surface area contributed by atoms with E-state index in [0.29, 0.717) is 24.7 Å². The first-order chi connectivity index (χ1) is 10.9. The normalized spacial score (nSPS) is 12.1. The minimum absolute atomic E-state index is 0.0608. The summed E-state index contributed by atoms with van der Waals surface area (Å²) in [5, 5.41) is 3.41. The molecule has 0 aromatic heterocycles.